The van der Waals surface area contributed by atoms with E-state index in [9.17, 15) is 10.2 Å². The third-order valence-electron chi connectivity index (χ3n) is 3.13. The second kappa shape index (κ2) is 4.09. The molecule has 3 rings (SSSR count). The van der Waals surface area contributed by atoms with Gasteiger partial charge < -0.3 is 19.9 Å². The van der Waals surface area contributed by atoms with E-state index in [1.54, 1.807) is 11.5 Å². The fourth-order valence-electron chi connectivity index (χ4n) is 2.12. The smallest absolute Gasteiger partial charge is 0.165 e. The van der Waals surface area contributed by atoms with Crippen LogP contribution in [0.5, 0.6) is 0 Å². The van der Waals surface area contributed by atoms with Crippen LogP contribution in [0.4, 0.5) is 0 Å². The van der Waals surface area contributed by atoms with Gasteiger partial charge >= 0.3 is 0 Å². The summed E-state index contributed by atoms with van der Waals surface area (Å²) in [7, 11) is 0. The normalized spacial score (nSPS) is 32.2. The molecule has 3 N–H and O–H groups in total. The molecule has 3 heterocycles. The molecule has 2 aromatic rings. The van der Waals surface area contributed by atoms with Gasteiger partial charge in [-0.1, -0.05) is 12.2 Å². The largest absolute Gasteiger partial charge is 0.388 e. The molecule has 0 bridgehead atoms. The Morgan fingerprint density at radius 2 is 2.17 bits per heavy atom. The molecule has 0 saturated carbocycles. The lowest BCUT2D eigenvalue weighted by atomic mass is 10.1. The van der Waals surface area contributed by atoms with Crippen molar-refractivity contribution in [3.8, 4) is 0 Å². The van der Waals surface area contributed by atoms with Crippen molar-refractivity contribution in [3.63, 3.8) is 0 Å². The van der Waals surface area contributed by atoms with Gasteiger partial charge in [-0.05, 0) is 6.92 Å². The van der Waals surface area contributed by atoms with Gasteiger partial charge in [-0.25, -0.2) is 9.97 Å². The molecule has 4 atom stereocenters. The number of hydrogen-bond donors (Lipinski definition) is 3. The number of ether oxygens (including phenoxy) is 1. The summed E-state index contributed by atoms with van der Waals surface area (Å²) in [4.78, 5) is 11.0. The zero-order valence-corrected chi connectivity index (χ0v) is 10.3. The van der Waals surface area contributed by atoms with Crippen LogP contribution in [-0.2, 0) is 4.74 Å². The van der Waals surface area contributed by atoms with Gasteiger partial charge in [0.25, 0.3) is 0 Å². The summed E-state index contributed by atoms with van der Waals surface area (Å²) >= 11 is 5.06. The summed E-state index contributed by atoms with van der Waals surface area (Å²) in [6.45, 7) is 1.71. The van der Waals surface area contributed by atoms with Crippen LogP contribution in [0.25, 0.3) is 11.2 Å². The second-order valence-corrected chi connectivity index (χ2v) is 4.66. The summed E-state index contributed by atoms with van der Waals surface area (Å²) in [6.07, 6.45) is -0.0773. The van der Waals surface area contributed by atoms with Crippen molar-refractivity contribution in [1.82, 2.24) is 19.5 Å². The Morgan fingerprint density at radius 3 is 2.83 bits per heavy atom. The van der Waals surface area contributed by atoms with Crippen LogP contribution in [0.3, 0.4) is 0 Å². The maximum absolute atomic E-state index is 9.95. The van der Waals surface area contributed by atoms with Gasteiger partial charge in [0.05, 0.1) is 18.8 Å². The molecule has 96 valence electrons. The summed E-state index contributed by atoms with van der Waals surface area (Å²) in [5.74, 6) is 0. The first kappa shape index (κ1) is 11.7. The van der Waals surface area contributed by atoms with Crippen molar-refractivity contribution < 1.29 is 14.9 Å². The van der Waals surface area contributed by atoms with Gasteiger partial charge in [-0.15, -0.1) is 0 Å². The molecule has 1 aliphatic heterocycles. The average molecular weight is 268 g/mol. The Morgan fingerprint density at radius 1 is 1.39 bits per heavy atom. The predicted molar refractivity (Wildman–Crippen MR) is 64.3 cm³/mol. The van der Waals surface area contributed by atoms with E-state index in [0.717, 1.165) is 0 Å². The number of fused-ring (bicyclic) bond motifs is 1. The molecule has 7 nitrogen and oxygen atoms in total. The Kier molecular flexibility index (Phi) is 2.67. The van der Waals surface area contributed by atoms with Gasteiger partial charge in [0, 0.05) is 0 Å². The number of hydrogen-bond acceptors (Lipinski definition) is 6. The number of rotatable bonds is 1. The third-order valence-corrected chi connectivity index (χ3v) is 3.43. The number of aromatic amines is 1. The molecule has 1 aliphatic rings. The molecule has 0 aromatic carbocycles. The highest BCUT2D eigenvalue weighted by Crippen LogP contribution is 2.30. The van der Waals surface area contributed by atoms with Crippen molar-refractivity contribution in [2.24, 2.45) is 0 Å². The van der Waals surface area contributed by atoms with Crippen LogP contribution < -0.4 is 0 Å². The van der Waals surface area contributed by atoms with Crippen LogP contribution in [-0.4, -0.2) is 48.0 Å². The fourth-order valence-corrected chi connectivity index (χ4v) is 2.33. The average Bonchev–Trinajstić information content (AvgIpc) is 2.88. The standard InChI is InChI=1S/C10H12N4O3S/c1-4-6(15)7(16)10(17-4)14-3-13-5-8(14)11-2-12-9(5)18/h2-4,6-7,10,15-16H,1H3,(H,11,12,18). The lowest BCUT2D eigenvalue weighted by Crippen LogP contribution is -2.30. The molecule has 0 radical (unpaired) electrons. The molecule has 0 amide bonds. The summed E-state index contributed by atoms with van der Waals surface area (Å²) in [5, 5.41) is 19.7. The Hall–Kier alpha value is -1.35. The summed E-state index contributed by atoms with van der Waals surface area (Å²) < 4.78 is 7.52. The maximum Gasteiger partial charge on any atom is 0.165 e. The lowest BCUT2D eigenvalue weighted by molar-refractivity contribution is -0.0299. The molecule has 0 spiro atoms. The van der Waals surface area contributed by atoms with Gasteiger partial charge in [0.15, 0.2) is 10.9 Å². The zero-order valence-electron chi connectivity index (χ0n) is 9.52. The van der Waals surface area contributed by atoms with Crippen molar-refractivity contribution in [1.29, 1.82) is 0 Å². The fraction of sp³-hybridized carbons (Fsp3) is 0.500. The number of aromatic nitrogens is 4. The van der Waals surface area contributed by atoms with Gasteiger partial charge in [-0.2, -0.15) is 0 Å². The molecule has 8 heteroatoms. The molecule has 4 unspecified atom stereocenters. The van der Waals surface area contributed by atoms with E-state index in [0.29, 0.717) is 15.8 Å². The van der Waals surface area contributed by atoms with Crippen molar-refractivity contribution in [3.05, 3.63) is 17.3 Å². The van der Waals surface area contributed by atoms with E-state index >= 15 is 0 Å². The quantitative estimate of drug-likeness (QED) is 0.636. The van der Waals surface area contributed by atoms with E-state index in [4.69, 9.17) is 17.0 Å². The van der Waals surface area contributed by atoms with E-state index < -0.39 is 24.5 Å². The molecular formula is C10H12N4O3S. The Labute approximate surface area is 107 Å². The summed E-state index contributed by atoms with van der Waals surface area (Å²) in [6, 6.07) is 0. The highest BCUT2D eigenvalue weighted by molar-refractivity contribution is 7.71. The number of nitrogens with zero attached hydrogens (tertiary/aromatic N) is 3. The molecule has 18 heavy (non-hydrogen) atoms. The molecule has 2 aromatic heterocycles. The zero-order chi connectivity index (χ0) is 12.9. The number of aliphatic hydroxyl groups is 2. The van der Waals surface area contributed by atoms with Crippen molar-refractivity contribution in [2.75, 3.05) is 0 Å². The number of nitrogens with one attached hydrogen (secondary N) is 1. The van der Waals surface area contributed by atoms with Crippen LogP contribution in [0, 0.1) is 4.64 Å². The van der Waals surface area contributed by atoms with Crippen LogP contribution >= 0.6 is 12.2 Å². The maximum atomic E-state index is 9.95. The number of aliphatic hydroxyl groups excluding tert-OH is 2. The van der Waals surface area contributed by atoms with E-state index in [-0.39, 0.29) is 0 Å². The minimum atomic E-state index is -1.01. The van der Waals surface area contributed by atoms with Crippen LogP contribution in [0.1, 0.15) is 13.2 Å². The number of imidazole rings is 1. The highest BCUT2D eigenvalue weighted by Gasteiger charge is 2.41. The predicted octanol–water partition coefficient (Wildman–Crippen LogP) is 0.128. The third kappa shape index (κ3) is 1.57. The van der Waals surface area contributed by atoms with E-state index in [1.807, 2.05) is 0 Å². The highest BCUT2D eigenvalue weighted by atomic mass is 32.1. The summed E-state index contributed by atoms with van der Waals surface area (Å²) in [5.41, 5.74) is 1.15. The van der Waals surface area contributed by atoms with Crippen molar-refractivity contribution in [2.45, 2.75) is 31.5 Å². The second-order valence-electron chi connectivity index (χ2n) is 4.27. The minimum absolute atomic E-state index is 0.378. The monoisotopic (exact) mass is 268 g/mol. The van der Waals surface area contributed by atoms with Gasteiger partial charge in [-0.3, -0.25) is 4.57 Å². The van der Waals surface area contributed by atoms with Crippen LogP contribution in [0.2, 0.25) is 0 Å². The molecule has 1 saturated heterocycles. The van der Waals surface area contributed by atoms with Crippen molar-refractivity contribution >= 4 is 23.4 Å². The first-order valence-corrected chi connectivity index (χ1v) is 5.92. The van der Waals surface area contributed by atoms with E-state index in [2.05, 4.69) is 15.0 Å². The minimum Gasteiger partial charge on any atom is -0.388 e. The first-order valence-electron chi connectivity index (χ1n) is 5.51. The SMILES string of the molecule is CC1OC(n2cnc3c(=S)nc[nH]c32)C(O)C1O. The first-order chi connectivity index (χ1) is 8.59. The van der Waals surface area contributed by atoms with Gasteiger partial charge in [0.2, 0.25) is 0 Å². The molecule has 1 fully saturated rings. The van der Waals surface area contributed by atoms with E-state index in [1.165, 1.54) is 12.7 Å². The Bertz CT molecular complexity index is 639. The van der Waals surface area contributed by atoms with Gasteiger partial charge in [0.1, 0.15) is 23.4 Å². The van der Waals surface area contributed by atoms with Crippen LogP contribution in [0.15, 0.2) is 12.7 Å². The molecule has 0 aliphatic carbocycles. The topological polar surface area (TPSA) is 96.2 Å². The lowest BCUT2D eigenvalue weighted by Gasteiger charge is -2.16. The molecular weight excluding hydrogens is 256 g/mol. The Balaban J connectivity index is 2.11. The number of H-pyrrole nitrogens is 1.